The molecule has 2 aromatic carbocycles. The Balaban J connectivity index is 1.89. The van der Waals surface area contributed by atoms with Gasteiger partial charge in [-0.3, -0.25) is 18.7 Å². The number of anilines is 2. The molecule has 0 atom stereocenters. The SMILES string of the molecule is Bc1ccc(Nc2cc(=O)n(C)c3c2c(=O)n(C2CC2)c(=O)n3-c2ccccc2)cc1C. The lowest BCUT2D eigenvalue weighted by molar-refractivity contribution is 0.637. The van der Waals surface area contributed by atoms with Crippen molar-refractivity contribution in [3.63, 3.8) is 0 Å². The standard InChI is InChI=1S/C24H23BN4O3/c1-14-12-15(8-11-18(14)25)26-19-13-20(30)27(2)22-21(19)23(31)29(17-9-10-17)24(32)28(22)16-6-4-3-5-7-16/h3-8,11-13,17,26H,9-10,25H2,1-2H3. The van der Waals surface area contributed by atoms with Gasteiger partial charge in [-0.2, -0.15) is 0 Å². The van der Waals surface area contributed by atoms with Crippen LogP contribution in [0.1, 0.15) is 24.4 Å². The lowest BCUT2D eigenvalue weighted by Crippen LogP contribution is -2.41. The fourth-order valence-electron chi connectivity index (χ4n) is 4.10. The quantitative estimate of drug-likeness (QED) is 0.502. The molecule has 2 heterocycles. The van der Waals surface area contributed by atoms with Gasteiger partial charge in [0.2, 0.25) is 0 Å². The maximum Gasteiger partial charge on any atom is 0.337 e. The molecule has 2 aromatic heterocycles. The van der Waals surface area contributed by atoms with Crippen molar-refractivity contribution in [2.75, 3.05) is 5.32 Å². The van der Waals surface area contributed by atoms with Gasteiger partial charge in [-0.25, -0.2) is 9.36 Å². The number of fused-ring (bicyclic) bond motifs is 1. The number of aryl methyl sites for hydroxylation is 2. The van der Waals surface area contributed by atoms with Crippen molar-refractivity contribution < 1.29 is 0 Å². The Morgan fingerprint density at radius 2 is 1.72 bits per heavy atom. The molecule has 0 spiro atoms. The molecule has 1 fully saturated rings. The van der Waals surface area contributed by atoms with Gasteiger partial charge in [-0.05, 0) is 44.0 Å². The molecule has 5 rings (SSSR count). The van der Waals surface area contributed by atoms with Crippen LogP contribution in [-0.2, 0) is 7.05 Å². The number of hydrogen-bond acceptors (Lipinski definition) is 4. The molecule has 1 N–H and O–H groups in total. The largest absolute Gasteiger partial charge is 0.355 e. The number of rotatable bonds is 4. The van der Waals surface area contributed by atoms with Crippen molar-refractivity contribution in [3.8, 4) is 5.69 Å². The van der Waals surface area contributed by atoms with E-state index >= 15 is 0 Å². The van der Waals surface area contributed by atoms with Gasteiger partial charge in [0, 0.05) is 24.8 Å². The minimum Gasteiger partial charge on any atom is -0.355 e. The van der Waals surface area contributed by atoms with Crippen LogP contribution in [-0.4, -0.2) is 21.5 Å². The van der Waals surface area contributed by atoms with Crippen LogP contribution in [0, 0.1) is 6.92 Å². The first-order chi connectivity index (χ1) is 15.4. The molecule has 4 aromatic rings. The number of pyridine rings is 1. The molecule has 160 valence electrons. The van der Waals surface area contributed by atoms with Crippen molar-refractivity contribution in [1.82, 2.24) is 13.7 Å². The highest BCUT2D eigenvalue weighted by Crippen LogP contribution is 2.33. The monoisotopic (exact) mass is 426 g/mol. The Morgan fingerprint density at radius 3 is 2.38 bits per heavy atom. The zero-order valence-electron chi connectivity index (χ0n) is 18.3. The summed E-state index contributed by atoms with van der Waals surface area (Å²) in [6.07, 6.45) is 1.59. The number of hydrogen-bond donors (Lipinski definition) is 1. The van der Waals surface area contributed by atoms with E-state index in [9.17, 15) is 14.4 Å². The number of nitrogens with one attached hydrogen (secondary N) is 1. The minimum atomic E-state index is -0.422. The summed E-state index contributed by atoms with van der Waals surface area (Å²) in [7, 11) is 3.61. The van der Waals surface area contributed by atoms with Gasteiger partial charge >= 0.3 is 5.69 Å². The molecule has 7 nitrogen and oxygen atoms in total. The maximum atomic E-state index is 13.6. The molecule has 0 bridgehead atoms. The van der Waals surface area contributed by atoms with Crippen LogP contribution in [0.4, 0.5) is 11.4 Å². The molecule has 1 saturated carbocycles. The van der Waals surface area contributed by atoms with E-state index in [-0.39, 0.29) is 22.8 Å². The average molecular weight is 426 g/mol. The van der Waals surface area contributed by atoms with E-state index in [0.717, 1.165) is 29.6 Å². The summed E-state index contributed by atoms with van der Waals surface area (Å²) >= 11 is 0. The van der Waals surface area contributed by atoms with Crippen LogP contribution in [0.2, 0.25) is 0 Å². The van der Waals surface area contributed by atoms with Crippen LogP contribution in [0.15, 0.2) is 69.0 Å². The smallest absolute Gasteiger partial charge is 0.337 e. The van der Waals surface area contributed by atoms with Crippen molar-refractivity contribution in [2.45, 2.75) is 25.8 Å². The fraction of sp³-hybridized carbons (Fsp3) is 0.208. The van der Waals surface area contributed by atoms with Crippen molar-refractivity contribution >= 4 is 35.7 Å². The zero-order valence-corrected chi connectivity index (χ0v) is 18.3. The Bertz CT molecular complexity index is 1550. The minimum absolute atomic E-state index is 0.110. The Labute approximate surface area is 185 Å². The van der Waals surface area contributed by atoms with E-state index in [0.29, 0.717) is 16.8 Å². The summed E-state index contributed by atoms with van der Waals surface area (Å²) in [5, 5.41) is 3.59. The number of para-hydroxylation sites is 1. The Hall–Kier alpha value is -3.81. The average Bonchev–Trinajstić information content (AvgIpc) is 3.60. The molecule has 8 heteroatoms. The van der Waals surface area contributed by atoms with Gasteiger partial charge in [0.1, 0.15) is 18.9 Å². The van der Waals surface area contributed by atoms with Crippen LogP contribution in [0.25, 0.3) is 16.7 Å². The highest BCUT2D eigenvalue weighted by atomic mass is 16.2. The predicted molar refractivity (Wildman–Crippen MR) is 130 cm³/mol. The zero-order chi connectivity index (χ0) is 22.6. The van der Waals surface area contributed by atoms with Crippen molar-refractivity contribution in [3.05, 3.63) is 91.4 Å². The number of nitrogens with zero attached hydrogens (tertiary/aromatic N) is 3. The molecule has 0 radical (unpaired) electrons. The first-order valence-electron chi connectivity index (χ1n) is 10.7. The third kappa shape index (κ3) is 3.19. The fourth-order valence-corrected chi connectivity index (χ4v) is 4.10. The van der Waals surface area contributed by atoms with Gasteiger partial charge in [-0.15, -0.1) is 0 Å². The second kappa shape index (κ2) is 7.41. The normalized spacial score (nSPS) is 13.4. The number of benzene rings is 2. The van der Waals surface area contributed by atoms with E-state index in [1.165, 1.54) is 19.8 Å². The molecular weight excluding hydrogens is 403 g/mol. The summed E-state index contributed by atoms with van der Waals surface area (Å²) in [6, 6.07) is 16.3. The summed E-state index contributed by atoms with van der Waals surface area (Å²) in [4.78, 5) is 40.0. The van der Waals surface area contributed by atoms with Crippen LogP contribution >= 0.6 is 0 Å². The van der Waals surface area contributed by atoms with Gasteiger partial charge in [0.05, 0.1) is 11.4 Å². The number of aromatic nitrogens is 3. The van der Waals surface area contributed by atoms with E-state index in [2.05, 4.69) is 5.32 Å². The van der Waals surface area contributed by atoms with E-state index in [1.807, 2.05) is 51.2 Å². The Kier molecular flexibility index (Phi) is 4.66. The molecule has 0 amide bonds. The van der Waals surface area contributed by atoms with Gasteiger partial charge in [0.15, 0.2) is 0 Å². The predicted octanol–water partition coefficient (Wildman–Crippen LogP) is 1.50. The lowest BCUT2D eigenvalue weighted by Gasteiger charge is -2.19. The summed E-state index contributed by atoms with van der Waals surface area (Å²) in [5.41, 5.74) is 3.20. The third-order valence-corrected chi connectivity index (χ3v) is 6.16. The molecule has 1 aliphatic rings. The van der Waals surface area contributed by atoms with Crippen LogP contribution in [0.5, 0.6) is 0 Å². The second-order valence-electron chi connectivity index (χ2n) is 8.44. The van der Waals surface area contributed by atoms with E-state index in [4.69, 9.17) is 0 Å². The molecular formula is C24H23BN4O3. The molecule has 0 saturated heterocycles. The van der Waals surface area contributed by atoms with Gasteiger partial charge in [-0.1, -0.05) is 35.3 Å². The van der Waals surface area contributed by atoms with E-state index in [1.54, 1.807) is 19.2 Å². The first-order valence-corrected chi connectivity index (χ1v) is 10.7. The van der Waals surface area contributed by atoms with E-state index < -0.39 is 5.69 Å². The van der Waals surface area contributed by atoms with Crippen molar-refractivity contribution in [1.29, 1.82) is 0 Å². The Morgan fingerprint density at radius 1 is 1.00 bits per heavy atom. The van der Waals surface area contributed by atoms with Crippen LogP contribution < -0.4 is 27.6 Å². The highest BCUT2D eigenvalue weighted by Gasteiger charge is 2.30. The molecule has 0 unspecified atom stereocenters. The lowest BCUT2D eigenvalue weighted by atomic mass is 9.91. The molecule has 1 aliphatic carbocycles. The van der Waals surface area contributed by atoms with Gasteiger partial charge < -0.3 is 5.32 Å². The summed E-state index contributed by atoms with van der Waals surface area (Å²) < 4.78 is 4.18. The summed E-state index contributed by atoms with van der Waals surface area (Å²) in [5.74, 6) is 0. The second-order valence-corrected chi connectivity index (χ2v) is 8.44. The van der Waals surface area contributed by atoms with Crippen LogP contribution in [0.3, 0.4) is 0 Å². The molecule has 32 heavy (non-hydrogen) atoms. The van der Waals surface area contributed by atoms with Crippen molar-refractivity contribution in [2.24, 2.45) is 7.05 Å². The molecule has 0 aliphatic heterocycles. The first kappa shape index (κ1) is 20.1. The maximum absolute atomic E-state index is 13.6. The van der Waals surface area contributed by atoms with Gasteiger partial charge in [0.25, 0.3) is 11.1 Å². The topological polar surface area (TPSA) is 78.0 Å². The third-order valence-electron chi connectivity index (χ3n) is 6.16. The summed E-state index contributed by atoms with van der Waals surface area (Å²) in [6.45, 7) is 2.01. The highest BCUT2D eigenvalue weighted by molar-refractivity contribution is 6.33.